The first-order valence-electron chi connectivity index (χ1n) is 6.62. The molecule has 3 rings (SSSR count). The van der Waals surface area contributed by atoms with E-state index in [0.717, 1.165) is 30.3 Å². The van der Waals surface area contributed by atoms with E-state index in [9.17, 15) is 0 Å². The molecular weight excluding hydrogens is 252 g/mol. The monoisotopic (exact) mass is 270 g/mol. The van der Waals surface area contributed by atoms with E-state index in [4.69, 9.17) is 15.2 Å². The van der Waals surface area contributed by atoms with Gasteiger partial charge in [-0.25, -0.2) is 0 Å². The summed E-state index contributed by atoms with van der Waals surface area (Å²) >= 11 is 0. The highest BCUT2D eigenvalue weighted by molar-refractivity contribution is 5.44. The van der Waals surface area contributed by atoms with Crippen LogP contribution >= 0.6 is 0 Å². The zero-order valence-electron chi connectivity index (χ0n) is 11.5. The van der Waals surface area contributed by atoms with E-state index in [1.807, 2.05) is 24.3 Å². The van der Waals surface area contributed by atoms with Crippen LogP contribution in [0.2, 0.25) is 0 Å². The Bertz CT molecular complexity index is 596. The van der Waals surface area contributed by atoms with Gasteiger partial charge in [0.1, 0.15) is 0 Å². The van der Waals surface area contributed by atoms with Gasteiger partial charge in [0.2, 0.25) is 6.79 Å². The third-order valence-corrected chi connectivity index (χ3v) is 3.32. The molecular formula is C16H18N2O2. The van der Waals surface area contributed by atoms with Gasteiger partial charge in [-0.15, -0.1) is 0 Å². The van der Waals surface area contributed by atoms with Gasteiger partial charge in [0, 0.05) is 18.8 Å². The smallest absolute Gasteiger partial charge is 0.231 e. The summed E-state index contributed by atoms with van der Waals surface area (Å²) in [6, 6.07) is 14.1. The lowest BCUT2D eigenvalue weighted by Crippen LogP contribution is -2.17. The molecule has 0 radical (unpaired) electrons. The Hall–Kier alpha value is -2.20. The highest BCUT2D eigenvalue weighted by Gasteiger charge is 2.13. The van der Waals surface area contributed by atoms with Gasteiger partial charge in [-0.05, 0) is 42.4 Å². The Kier molecular flexibility index (Phi) is 3.48. The number of fused-ring (bicyclic) bond motifs is 1. The van der Waals surface area contributed by atoms with Gasteiger partial charge in [-0.1, -0.05) is 18.2 Å². The van der Waals surface area contributed by atoms with Crippen LogP contribution < -0.4 is 15.2 Å². The molecule has 0 unspecified atom stereocenters. The molecule has 1 heterocycles. The van der Waals surface area contributed by atoms with Gasteiger partial charge >= 0.3 is 0 Å². The predicted molar refractivity (Wildman–Crippen MR) is 78.6 cm³/mol. The van der Waals surface area contributed by atoms with Crippen LogP contribution in [0.5, 0.6) is 11.5 Å². The Morgan fingerprint density at radius 1 is 0.950 bits per heavy atom. The van der Waals surface area contributed by atoms with Crippen molar-refractivity contribution in [2.45, 2.75) is 13.1 Å². The minimum atomic E-state index is 0.320. The summed E-state index contributed by atoms with van der Waals surface area (Å²) in [6.07, 6.45) is 0. The Labute approximate surface area is 118 Å². The summed E-state index contributed by atoms with van der Waals surface area (Å²) in [5.74, 6) is 1.67. The Morgan fingerprint density at radius 2 is 1.60 bits per heavy atom. The number of benzene rings is 2. The van der Waals surface area contributed by atoms with Crippen molar-refractivity contribution in [1.82, 2.24) is 4.90 Å². The summed E-state index contributed by atoms with van der Waals surface area (Å²) < 4.78 is 10.7. The second kappa shape index (κ2) is 5.43. The van der Waals surface area contributed by atoms with Crippen LogP contribution in [0, 0.1) is 0 Å². The van der Waals surface area contributed by atoms with Gasteiger partial charge < -0.3 is 15.2 Å². The van der Waals surface area contributed by atoms with Crippen LogP contribution in [0.15, 0.2) is 42.5 Å². The van der Waals surface area contributed by atoms with Crippen molar-refractivity contribution < 1.29 is 9.47 Å². The molecule has 2 aromatic carbocycles. The van der Waals surface area contributed by atoms with Gasteiger partial charge in [-0.3, -0.25) is 4.90 Å². The lowest BCUT2D eigenvalue weighted by molar-refractivity contribution is 0.174. The van der Waals surface area contributed by atoms with Crippen LogP contribution in [0.1, 0.15) is 11.1 Å². The Balaban J connectivity index is 1.63. The summed E-state index contributed by atoms with van der Waals surface area (Å²) in [7, 11) is 2.10. The van der Waals surface area contributed by atoms with Gasteiger partial charge in [0.25, 0.3) is 0 Å². The molecule has 0 aromatic heterocycles. The van der Waals surface area contributed by atoms with Crippen LogP contribution in [0.3, 0.4) is 0 Å². The molecule has 4 heteroatoms. The number of hydrogen-bond donors (Lipinski definition) is 1. The molecule has 0 aliphatic carbocycles. The van der Waals surface area contributed by atoms with E-state index in [1.165, 1.54) is 11.1 Å². The number of anilines is 1. The van der Waals surface area contributed by atoms with Crippen molar-refractivity contribution in [3.63, 3.8) is 0 Å². The number of nitrogens with two attached hydrogens (primary N) is 1. The molecule has 1 aliphatic heterocycles. The normalized spacial score (nSPS) is 12.9. The minimum Gasteiger partial charge on any atom is -0.454 e. The first-order valence-corrected chi connectivity index (χ1v) is 6.62. The second-order valence-electron chi connectivity index (χ2n) is 5.10. The van der Waals surface area contributed by atoms with E-state index >= 15 is 0 Å². The van der Waals surface area contributed by atoms with E-state index in [1.54, 1.807) is 0 Å². The standard InChI is InChI=1S/C16H18N2O2/c1-18(9-12-2-5-14(17)6-3-12)10-13-4-7-15-16(8-13)20-11-19-15/h2-8H,9-11,17H2,1H3. The first kappa shape index (κ1) is 12.8. The molecule has 0 spiro atoms. The molecule has 20 heavy (non-hydrogen) atoms. The van der Waals surface area contributed by atoms with E-state index < -0.39 is 0 Å². The van der Waals surface area contributed by atoms with E-state index in [2.05, 4.69) is 30.1 Å². The van der Waals surface area contributed by atoms with Gasteiger partial charge in [-0.2, -0.15) is 0 Å². The van der Waals surface area contributed by atoms with Crippen molar-refractivity contribution in [2.75, 3.05) is 19.6 Å². The predicted octanol–water partition coefficient (Wildman–Crippen LogP) is 2.63. The first-order chi connectivity index (χ1) is 9.70. The van der Waals surface area contributed by atoms with Gasteiger partial charge in [0.15, 0.2) is 11.5 Å². The van der Waals surface area contributed by atoms with Crippen LogP contribution in [-0.4, -0.2) is 18.7 Å². The quantitative estimate of drug-likeness (QED) is 0.868. The summed E-state index contributed by atoms with van der Waals surface area (Å²) in [4.78, 5) is 2.25. The molecule has 0 bridgehead atoms. The fourth-order valence-corrected chi connectivity index (χ4v) is 2.34. The highest BCUT2D eigenvalue weighted by atomic mass is 16.7. The van der Waals surface area contributed by atoms with Crippen molar-refractivity contribution in [2.24, 2.45) is 0 Å². The lowest BCUT2D eigenvalue weighted by Gasteiger charge is -2.17. The second-order valence-corrected chi connectivity index (χ2v) is 5.10. The third kappa shape index (κ3) is 2.86. The molecule has 0 fully saturated rings. The molecule has 2 aromatic rings. The van der Waals surface area contributed by atoms with Crippen LogP contribution in [0.25, 0.3) is 0 Å². The summed E-state index contributed by atoms with van der Waals surface area (Å²) in [5.41, 5.74) is 8.96. The average molecular weight is 270 g/mol. The number of hydrogen-bond acceptors (Lipinski definition) is 4. The molecule has 0 amide bonds. The molecule has 4 nitrogen and oxygen atoms in total. The van der Waals surface area contributed by atoms with E-state index in [0.29, 0.717) is 6.79 Å². The molecule has 0 atom stereocenters. The summed E-state index contributed by atoms with van der Waals surface area (Å²) in [5, 5.41) is 0. The van der Waals surface area contributed by atoms with Crippen LogP contribution in [0.4, 0.5) is 5.69 Å². The fraction of sp³-hybridized carbons (Fsp3) is 0.250. The summed E-state index contributed by atoms with van der Waals surface area (Å²) in [6.45, 7) is 2.07. The van der Waals surface area contributed by atoms with Crippen molar-refractivity contribution in [3.8, 4) is 11.5 Å². The SMILES string of the molecule is CN(Cc1ccc(N)cc1)Cc1ccc2c(c1)OCO2. The fourth-order valence-electron chi connectivity index (χ4n) is 2.34. The third-order valence-electron chi connectivity index (χ3n) is 3.32. The maximum absolute atomic E-state index is 5.69. The molecule has 0 saturated heterocycles. The molecule has 2 N–H and O–H groups in total. The van der Waals surface area contributed by atoms with Crippen LogP contribution in [-0.2, 0) is 13.1 Å². The largest absolute Gasteiger partial charge is 0.454 e. The average Bonchev–Trinajstić information content (AvgIpc) is 2.89. The lowest BCUT2D eigenvalue weighted by atomic mass is 10.1. The molecule has 0 saturated carbocycles. The maximum Gasteiger partial charge on any atom is 0.231 e. The van der Waals surface area contributed by atoms with Crippen molar-refractivity contribution in [3.05, 3.63) is 53.6 Å². The number of rotatable bonds is 4. The zero-order chi connectivity index (χ0) is 13.9. The van der Waals surface area contributed by atoms with Crippen molar-refractivity contribution >= 4 is 5.69 Å². The van der Waals surface area contributed by atoms with Crippen molar-refractivity contribution in [1.29, 1.82) is 0 Å². The highest BCUT2D eigenvalue weighted by Crippen LogP contribution is 2.32. The molecule has 1 aliphatic rings. The zero-order valence-corrected chi connectivity index (χ0v) is 11.5. The number of nitrogen functional groups attached to an aromatic ring is 1. The Morgan fingerprint density at radius 3 is 2.40 bits per heavy atom. The molecule has 104 valence electrons. The van der Waals surface area contributed by atoms with E-state index in [-0.39, 0.29) is 0 Å². The maximum atomic E-state index is 5.69. The number of ether oxygens (including phenoxy) is 2. The topological polar surface area (TPSA) is 47.7 Å². The van der Waals surface area contributed by atoms with Gasteiger partial charge in [0.05, 0.1) is 0 Å². The minimum absolute atomic E-state index is 0.320. The number of nitrogens with zero attached hydrogens (tertiary/aromatic N) is 1.